The van der Waals surface area contributed by atoms with Crippen molar-refractivity contribution >= 4 is 5.82 Å². The molecule has 2 aliphatic rings. The van der Waals surface area contributed by atoms with Gasteiger partial charge in [0.15, 0.2) is 11.6 Å². The van der Waals surface area contributed by atoms with E-state index in [1.165, 1.54) is 0 Å². The maximum atomic E-state index is 5.83. The van der Waals surface area contributed by atoms with E-state index in [-0.39, 0.29) is 6.10 Å². The fourth-order valence-corrected chi connectivity index (χ4v) is 2.00. The summed E-state index contributed by atoms with van der Waals surface area (Å²) >= 11 is 0. The summed E-state index contributed by atoms with van der Waals surface area (Å²) in [5, 5.41) is 0. The summed E-state index contributed by atoms with van der Waals surface area (Å²) in [4.78, 5) is 6.72. The van der Waals surface area contributed by atoms with Gasteiger partial charge in [-0.1, -0.05) is 0 Å². The van der Waals surface area contributed by atoms with E-state index < -0.39 is 0 Å². The first-order chi connectivity index (χ1) is 8.83. The third-order valence-electron chi connectivity index (χ3n) is 3.11. The summed E-state index contributed by atoms with van der Waals surface area (Å²) in [6.45, 7) is 6.69. The van der Waals surface area contributed by atoms with Crippen LogP contribution in [0.4, 0.5) is 5.82 Å². The Morgan fingerprint density at radius 2 is 2.22 bits per heavy atom. The van der Waals surface area contributed by atoms with Gasteiger partial charge in [0.05, 0.1) is 19.8 Å². The van der Waals surface area contributed by atoms with Crippen molar-refractivity contribution in [3.05, 3.63) is 17.8 Å². The molecule has 0 aromatic carbocycles. The quantitative estimate of drug-likeness (QED) is 0.746. The topological polar surface area (TPSA) is 47.1 Å². The van der Waals surface area contributed by atoms with Crippen molar-refractivity contribution in [1.29, 1.82) is 0 Å². The molecule has 1 atom stereocenters. The first-order valence-corrected chi connectivity index (χ1v) is 6.36. The highest BCUT2D eigenvalue weighted by Gasteiger charge is 2.24. The third kappa shape index (κ3) is 2.73. The van der Waals surface area contributed by atoms with Crippen molar-refractivity contribution in [2.45, 2.75) is 13.0 Å². The molecule has 1 aromatic heterocycles. The Balaban J connectivity index is 1.76. The standard InChI is InChI=1S/C13H18N2O3/c1-10-6-12(18-9-11-8-17-11)13(14-7-10)15-2-4-16-5-3-15/h6-7,11H,2-5,8-9H2,1H3/t11-/m0/s1. The van der Waals surface area contributed by atoms with Crippen molar-refractivity contribution in [2.24, 2.45) is 0 Å². The van der Waals surface area contributed by atoms with Crippen LogP contribution in [0.5, 0.6) is 5.75 Å². The predicted octanol–water partition coefficient (Wildman–Crippen LogP) is 1.00. The van der Waals surface area contributed by atoms with Crippen LogP contribution in [0.1, 0.15) is 5.56 Å². The highest BCUT2D eigenvalue weighted by molar-refractivity contribution is 5.53. The summed E-state index contributed by atoms with van der Waals surface area (Å²) in [6.07, 6.45) is 2.15. The Kier molecular flexibility index (Phi) is 3.34. The van der Waals surface area contributed by atoms with Crippen LogP contribution in [-0.4, -0.2) is 50.6 Å². The largest absolute Gasteiger partial charge is 0.487 e. The number of hydrogen-bond donors (Lipinski definition) is 0. The Hall–Kier alpha value is -1.33. The molecule has 2 saturated heterocycles. The molecule has 3 rings (SSSR count). The maximum Gasteiger partial charge on any atom is 0.171 e. The molecule has 98 valence electrons. The number of hydrogen-bond acceptors (Lipinski definition) is 5. The number of rotatable bonds is 4. The highest BCUT2D eigenvalue weighted by Crippen LogP contribution is 2.28. The lowest BCUT2D eigenvalue weighted by Gasteiger charge is -2.29. The summed E-state index contributed by atoms with van der Waals surface area (Å²) in [5.74, 6) is 1.77. The molecular weight excluding hydrogens is 232 g/mol. The van der Waals surface area contributed by atoms with Gasteiger partial charge in [-0.2, -0.15) is 0 Å². The monoisotopic (exact) mass is 250 g/mol. The lowest BCUT2D eigenvalue weighted by molar-refractivity contribution is 0.122. The zero-order chi connectivity index (χ0) is 12.4. The highest BCUT2D eigenvalue weighted by atomic mass is 16.6. The molecule has 5 heteroatoms. The summed E-state index contributed by atoms with van der Waals surface area (Å²) in [7, 11) is 0. The molecule has 0 amide bonds. The lowest BCUT2D eigenvalue weighted by atomic mass is 10.2. The minimum Gasteiger partial charge on any atom is -0.487 e. The Morgan fingerprint density at radius 3 is 2.94 bits per heavy atom. The maximum absolute atomic E-state index is 5.83. The van der Waals surface area contributed by atoms with Crippen LogP contribution in [0.2, 0.25) is 0 Å². The van der Waals surface area contributed by atoms with Gasteiger partial charge < -0.3 is 19.1 Å². The first kappa shape index (κ1) is 11.7. The number of ether oxygens (including phenoxy) is 3. The van der Waals surface area contributed by atoms with E-state index in [9.17, 15) is 0 Å². The van der Waals surface area contributed by atoms with Crippen LogP contribution in [-0.2, 0) is 9.47 Å². The van der Waals surface area contributed by atoms with Gasteiger partial charge in [0, 0.05) is 19.3 Å². The van der Waals surface area contributed by atoms with Gasteiger partial charge in [0.25, 0.3) is 0 Å². The Bertz CT molecular complexity index is 415. The summed E-state index contributed by atoms with van der Waals surface area (Å²) < 4.78 is 16.4. The molecule has 0 aliphatic carbocycles. The average molecular weight is 250 g/mol. The van der Waals surface area contributed by atoms with Crippen molar-refractivity contribution in [3.8, 4) is 5.75 Å². The van der Waals surface area contributed by atoms with Crippen molar-refractivity contribution in [2.75, 3.05) is 44.4 Å². The van der Waals surface area contributed by atoms with Crippen LogP contribution in [0.25, 0.3) is 0 Å². The van der Waals surface area contributed by atoms with E-state index in [1.807, 2.05) is 19.2 Å². The summed E-state index contributed by atoms with van der Waals surface area (Å²) in [5.41, 5.74) is 1.11. The van der Waals surface area contributed by atoms with Crippen LogP contribution >= 0.6 is 0 Å². The zero-order valence-electron chi connectivity index (χ0n) is 10.6. The predicted molar refractivity (Wildman–Crippen MR) is 67.2 cm³/mol. The number of aryl methyl sites for hydroxylation is 1. The van der Waals surface area contributed by atoms with Crippen LogP contribution in [0, 0.1) is 6.92 Å². The molecule has 2 aliphatic heterocycles. The van der Waals surface area contributed by atoms with Crippen molar-refractivity contribution in [3.63, 3.8) is 0 Å². The molecule has 1 aromatic rings. The van der Waals surface area contributed by atoms with Crippen molar-refractivity contribution < 1.29 is 14.2 Å². The van der Waals surface area contributed by atoms with Crippen LogP contribution < -0.4 is 9.64 Å². The Labute approximate surface area is 107 Å². The van der Waals surface area contributed by atoms with Crippen molar-refractivity contribution in [1.82, 2.24) is 4.98 Å². The van der Waals surface area contributed by atoms with E-state index in [4.69, 9.17) is 14.2 Å². The molecule has 0 unspecified atom stereocenters. The minimum atomic E-state index is 0.267. The molecule has 2 fully saturated rings. The zero-order valence-corrected chi connectivity index (χ0v) is 10.6. The van der Waals surface area contributed by atoms with Gasteiger partial charge in [-0.3, -0.25) is 0 Å². The van der Waals surface area contributed by atoms with Crippen LogP contribution in [0.15, 0.2) is 12.3 Å². The van der Waals surface area contributed by atoms with E-state index in [0.717, 1.165) is 50.0 Å². The van der Waals surface area contributed by atoms with Gasteiger partial charge in [-0.25, -0.2) is 4.98 Å². The number of pyridine rings is 1. The smallest absolute Gasteiger partial charge is 0.171 e. The second-order valence-corrected chi connectivity index (χ2v) is 4.70. The molecular formula is C13H18N2O3. The number of nitrogens with zero attached hydrogens (tertiary/aromatic N) is 2. The second-order valence-electron chi connectivity index (χ2n) is 4.70. The second kappa shape index (κ2) is 5.12. The molecule has 18 heavy (non-hydrogen) atoms. The minimum absolute atomic E-state index is 0.267. The van der Waals surface area contributed by atoms with Gasteiger partial charge in [0.1, 0.15) is 12.7 Å². The molecule has 5 nitrogen and oxygen atoms in total. The van der Waals surface area contributed by atoms with Gasteiger partial charge >= 0.3 is 0 Å². The number of anilines is 1. The summed E-state index contributed by atoms with van der Waals surface area (Å²) in [6, 6.07) is 2.04. The van der Waals surface area contributed by atoms with Gasteiger partial charge in [-0.15, -0.1) is 0 Å². The third-order valence-corrected chi connectivity index (χ3v) is 3.11. The molecule has 0 bridgehead atoms. The fourth-order valence-electron chi connectivity index (χ4n) is 2.00. The van der Waals surface area contributed by atoms with E-state index in [0.29, 0.717) is 6.61 Å². The molecule has 3 heterocycles. The number of aromatic nitrogens is 1. The molecule has 0 radical (unpaired) electrons. The number of epoxide rings is 1. The normalized spacial score (nSPS) is 22.9. The van der Waals surface area contributed by atoms with Gasteiger partial charge in [-0.05, 0) is 18.6 Å². The average Bonchev–Trinajstić information content (AvgIpc) is 3.21. The van der Waals surface area contributed by atoms with E-state index >= 15 is 0 Å². The molecule has 0 N–H and O–H groups in total. The van der Waals surface area contributed by atoms with Crippen LogP contribution in [0.3, 0.4) is 0 Å². The molecule has 0 spiro atoms. The Morgan fingerprint density at radius 1 is 1.44 bits per heavy atom. The molecule has 0 saturated carbocycles. The fraction of sp³-hybridized carbons (Fsp3) is 0.615. The first-order valence-electron chi connectivity index (χ1n) is 6.36. The van der Waals surface area contributed by atoms with Gasteiger partial charge in [0.2, 0.25) is 0 Å². The number of morpholine rings is 1. The van der Waals surface area contributed by atoms with E-state index in [2.05, 4.69) is 9.88 Å². The lowest BCUT2D eigenvalue weighted by Crippen LogP contribution is -2.37. The van der Waals surface area contributed by atoms with E-state index in [1.54, 1.807) is 0 Å². The SMILES string of the molecule is Cc1cnc(N2CCOCC2)c(OC[C@@H]2CO2)c1.